The lowest BCUT2D eigenvalue weighted by molar-refractivity contribution is -0.189. The number of carbonyl (C=O) groups is 3. The second kappa shape index (κ2) is 11.6. The van der Waals surface area contributed by atoms with Gasteiger partial charge in [-0.1, -0.05) is 42.5 Å². The number of hydrogen-bond acceptors (Lipinski definition) is 7. The Morgan fingerprint density at radius 1 is 0.975 bits per heavy atom. The number of piperidine rings is 1. The van der Waals surface area contributed by atoms with Crippen molar-refractivity contribution < 1.29 is 28.6 Å². The molecule has 3 fully saturated rings. The summed E-state index contributed by atoms with van der Waals surface area (Å²) in [5, 5.41) is 0. The van der Waals surface area contributed by atoms with Crippen molar-refractivity contribution >= 4 is 18.0 Å². The zero-order valence-electron chi connectivity index (χ0n) is 23.8. The molecule has 8 heteroatoms. The summed E-state index contributed by atoms with van der Waals surface area (Å²) in [7, 11) is 1.79. The van der Waals surface area contributed by atoms with Gasteiger partial charge in [0.05, 0.1) is 0 Å². The van der Waals surface area contributed by atoms with Crippen molar-refractivity contribution in [3.8, 4) is 5.75 Å². The molecule has 1 heterocycles. The van der Waals surface area contributed by atoms with E-state index in [9.17, 15) is 14.4 Å². The van der Waals surface area contributed by atoms with Gasteiger partial charge in [-0.2, -0.15) is 0 Å². The summed E-state index contributed by atoms with van der Waals surface area (Å²) in [5.41, 5.74) is 0.579. The molecule has 0 spiro atoms. The Bertz CT molecular complexity index is 1230. The van der Waals surface area contributed by atoms with Crippen LogP contribution in [-0.2, 0) is 31.1 Å². The molecule has 0 unspecified atom stereocenters. The van der Waals surface area contributed by atoms with Crippen molar-refractivity contribution in [1.82, 2.24) is 9.80 Å². The monoisotopic (exact) mass is 548 g/mol. The summed E-state index contributed by atoms with van der Waals surface area (Å²) in [4.78, 5) is 41.7. The fourth-order valence-electron chi connectivity index (χ4n) is 6.81. The van der Waals surface area contributed by atoms with E-state index >= 15 is 0 Å². The van der Waals surface area contributed by atoms with E-state index in [-0.39, 0.29) is 30.7 Å². The number of esters is 2. The van der Waals surface area contributed by atoms with Crippen molar-refractivity contribution in [2.45, 2.75) is 76.0 Å². The Morgan fingerprint density at radius 3 is 2.45 bits per heavy atom. The number of carbonyl (C=O) groups excluding carboxylic acids is 3. The molecular weight excluding hydrogens is 508 g/mol. The van der Waals surface area contributed by atoms with E-state index in [1.54, 1.807) is 18.0 Å². The summed E-state index contributed by atoms with van der Waals surface area (Å²) in [5.74, 6) is 0.496. The standard InChI is InChI=1S/C32H40N2O6/c1-23(35)39-29-11-7-10-27(18-29)31-16-17-34(20-25-12-13-25)22-32(31,40-24(2)36)15-14-28(19-31)33(3)30(37)38-21-26-8-5-4-6-9-26/h4-11,18,25,28H,12-17,19-22H2,1-3H3/t28-,31-,32-/m0/s1. The lowest BCUT2D eigenvalue weighted by Crippen LogP contribution is -2.68. The number of nitrogens with zero attached hydrogens (tertiary/aromatic N) is 2. The van der Waals surface area contributed by atoms with Gasteiger partial charge in [0.1, 0.15) is 18.0 Å². The summed E-state index contributed by atoms with van der Waals surface area (Å²) >= 11 is 0. The molecule has 2 aliphatic carbocycles. The highest BCUT2D eigenvalue weighted by atomic mass is 16.6. The minimum absolute atomic E-state index is 0.112. The van der Waals surface area contributed by atoms with E-state index < -0.39 is 11.0 Å². The van der Waals surface area contributed by atoms with Gasteiger partial charge in [-0.15, -0.1) is 0 Å². The highest BCUT2D eigenvalue weighted by molar-refractivity contribution is 5.70. The zero-order valence-corrected chi connectivity index (χ0v) is 23.8. The molecule has 1 saturated heterocycles. The Morgan fingerprint density at radius 2 is 1.75 bits per heavy atom. The van der Waals surface area contributed by atoms with Crippen LogP contribution in [0.15, 0.2) is 54.6 Å². The fraction of sp³-hybridized carbons (Fsp3) is 0.531. The first kappa shape index (κ1) is 28.1. The average Bonchev–Trinajstić information content (AvgIpc) is 3.75. The Hall–Kier alpha value is -3.39. The minimum Gasteiger partial charge on any atom is -0.457 e. The maximum atomic E-state index is 13.2. The van der Waals surface area contributed by atoms with Gasteiger partial charge in [0.25, 0.3) is 0 Å². The summed E-state index contributed by atoms with van der Waals surface area (Å²) in [6, 6.07) is 17.1. The molecule has 8 nitrogen and oxygen atoms in total. The summed E-state index contributed by atoms with van der Waals surface area (Å²) < 4.78 is 17.5. The number of rotatable bonds is 8. The molecule has 2 aromatic carbocycles. The topological polar surface area (TPSA) is 85.4 Å². The lowest BCUT2D eigenvalue weighted by Gasteiger charge is -2.60. The van der Waals surface area contributed by atoms with Crippen LogP contribution in [0.3, 0.4) is 0 Å². The number of fused-ring (bicyclic) bond motifs is 1. The molecule has 5 rings (SSSR count). The number of amides is 1. The van der Waals surface area contributed by atoms with Gasteiger partial charge in [0.2, 0.25) is 0 Å². The second-order valence-corrected chi connectivity index (χ2v) is 11.8. The quantitative estimate of drug-likeness (QED) is 0.336. The van der Waals surface area contributed by atoms with Crippen LogP contribution in [0, 0.1) is 5.92 Å². The highest BCUT2D eigenvalue weighted by Gasteiger charge is 2.61. The van der Waals surface area contributed by atoms with Crippen molar-refractivity contribution in [2.75, 3.05) is 26.7 Å². The van der Waals surface area contributed by atoms with Crippen LogP contribution >= 0.6 is 0 Å². The normalized spacial score (nSPS) is 26.3. The van der Waals surface area contributed by atoms with Crippen LogP contribution in [0.4, 0.5) is 4.79 Å². The van der Waals surface area contributed by atoms with Crippen LogP contribution in [0.2, 0.25) is 0 Å². The van der Waals surface area contributed by atoms with E-state index in [2.05, 4.69) is 4.90 Å². The molecule has 2 aromatic rings. The number of ether oxygens (including phenoxy) is 3. The predicted octanol–water partition coefficient (Wildman–Crippen LogP) is 5.09. The van der Waals surface area contributed by atoms with Gasteiger partial charge in [-0.25, -0.2) is 4.79 Å². The molecule has 1 aliphatic heterocycles. The number of benzene rings is 2. The largest absolute Gasteiger partial charge is 0.457 e. The van der Waals surface area contributed by atoms with Crippen molar-refractivity contribution in [3.63, 3.8) is 0 Å². The molecule has 1 amide bonds. The van der Waals surface area contributed by atoms with Gasteiger partial charge in [-0.05, 0) is 74.2 Å². The fourth-order valence-corrected chi connectivity index (χ4v) is 6.81. The third-order valence-electron chi connectivity index (χ3n) is 8.91. The third-order valence-corrected chi connectivity index (χ3v) is 8.91. The minimum atomic E-state index is -0.758. The van der Waals surface area contributed by atoms with Gasteiger partial charge >= 0.3 is 18.0 Å². The van der Waals surface area contributed by atoms with E-state index in [0.29, 0.717) is 31.6 Å². The van der Waals surface area contributed by atoms with Crippen molar-refractivity contribution in [2.24, 2.45) is 5.92 Å². The van der Waals surface area contributed by atoms with E-state index in [1.165, 1.54) is 26.7 Å². The molecule has 0 N–H and O–H groups in total. The summed E-state index contributed by atoms with van der Waals surface area (Å²) in [6.45, 7) is 5.61. The first-order valence-corrected chi connectivity index (χ1v) is 14.3. The molecule has 214 valence electrons. The molecule has 2 saturated carbocycles. The zero-order chi connectivity index (χ0) is 28.3. The Labute approximate surface area is 236 Å². The van der Waals surface area contributed by atoms with Gasteiger partial charge in [0.15, 0.2) is 0 Å². The van der Waals surface area contributed by atoms with E-state index in [0.717, 1.165) is 36.6 Å². The molecule has 3 aliphatic rings. The maximum Gasteiger partial charge on any atom is 0.410 e. The van der Waals surface area contributed by atoms with E-state index in [1.807, 2.05) is 48.5 Å². The molecule has 0 radical (unpaired) electrons. The summed E-state index contributed by atoms with van der Waals surface area (Å²) in [6.07, 6.45) is 4.82. The second-order valence-electron chi connectivity index (χ2n) is 11.8. The SMILES string of the molecule is CC(=O)Oc1cccc([C@@]23CCN(CC4CC4)C[C@@]2(OC(C)=O)CC[C@H](N(C)C(=O)OCc2ccccc2)C3)c1. The Balaban J connectivity index is 1.46. The smallest absolute Gasteiger partial charge is 0.410 e. The van der Waals surface area contributed by atoms with Crippen LogP contribution < -0.4 is 4.74 Å². The average molecular weight is 549 g/mol. The third kappa shape index (κ3) is 6.02. The number of hydrogen-bond donors (Lipinski definition) is 0. The maximum absolute atomic E-state index is 13.2. The lowest BCUT2D eigenvalue weighted by atomic mass is 9.55. The van der Waals surface area contributed by atoms with Gasteiger partial charge < -0.3 is 19.1 Å². The van der Waals surface area contributed by atoms with E-state index in [4.69, 9.17) is 14.2 Å². The van der Waals surface area contributed by atoms with Crippen LogP contribution in [0.5, 0.6) is 5.75 Å². The van der Waals surface area contributed by atoms with Crippen LogP contribution in [-0.4, -0.2) is 66.2 Å². The first-order chi connectivity index (χ1) is 19.2. The molecule has 3 atom stereocenters. The molecule has 0 aromatic heterocycles. The Kier molecular flexibility index (Phi) is 8.17. The van der Waals surface area contributed by atoms with Gasteiger partial charge in [0, 0.05) is 45.4 Å². The first-order valence-electron chi connectivity index (χ1n) is 14.3. The molecular formula is C32H40N2O6. The molecule has 0 bridgehead atoms. The van der Waals surface area contributed by atoms with Crippen molar-refractivity contribution in [3.05, 3.63) is 65.7 Å². The number of likely N-dealkylation sites (tertiary alicyclic amines) is 1. The van der Waals surface area contributed by atoms with Gasteiger partial charge in [-0.3, -0.25) is 14.5 Å². The predicted molar refractivity (Wildman–Crippen MR) is 150 cm³/mol. The van der Waals surface area contributed by atoms with Crippen LogP contribution in [0.1, 0.15) is 63.5 Å². The van der Waals surface area contributed by atoms with Crippen molar-refractivity contribution in [1.29, 1.82) is 0 Å². The van der Waals surface area contributed by atoms with Crippen LogP contribution in [0.25, 0.3) is 0 Å². The highest BCUT2D eigenvalue weighted by Crippen LogP contribution is 2.55. The molecule has 40 heavy (non-hydrogen) atoms.